The van der Waals surface area contributed by atoms with Crippen LogP contribution in [0.15, 0.2) is 36.4 Å². The van der Waals surface area contributed by atoms with E-state index in [1.807, 2.05) is 0 Å². The van der Waals surface area contributed by atoms with Crippen LogP contribution in [-0.2, 0) is 6.54 Å². The standard InChI is InChI=1S/C15H15FN2O2/c1-10-7-12(3-5-14(10)16)9-17-13-4-6-15(18(19)20)11(2)8-13/h3-8,17H,9H2,1-2H3. The highest BCUT2D eigenvalue weighted by molar-refractivity contribution is 5.53. The van der Waals surface area contributed by atoms with Crippen LogP contribution in [-0.4, -0.2) is 4.92 Å². The molecule has 0 unspecified atom stereocenters. The maximum atomic E-state index is 13.2. The number of rotatable bonds is 4. The molecule has 0 amide bonds. The Hall–Kier alpha value is -2.43. The van der Waals surface area contributed by atoms with Crippen LogP contribution in [0.4, 0.5) is 15.8 Å². The van der Waals surface area contributed by atoms with Crippen molar-refractivity contribution >= 4 is 11.4 Å². The zero-order chi connectivity index (χ0) is 14.7. The van der Waals surface area contributed by atoms with Gasteiger partial charge in [-0.15, -0.1) is 0 Å². The fraction of sp³-hybridized carbons (Fsp3) is 0.200. The van der Waals surface area contributed by atoms with Crippen molar-refractivity contribution in [3.05, 3.63) is 69.0 Å². The Kier molecular flexibility index (Phi) is 3.98. The van der Waals surface area contributed by atoms with Gasteiger partial charge < -0.3 is 5.32 Å². The number of nitrogens with zero attached hydrogens (tertiary/aromatic N) is 1. The molecule has 0 aliphatic heterocycles. The van der Waals surface area contributed by atoms with Gasteiger partial charge in [0, 0.05) is 23.9 Å². The molecule has 0 aromatic heterocycles. The molecule has 0 radical (unpaired) electrons. The third-order valence-corrected chi connectivity index (χ3v) is 3.11. The number of hydrogen-bond donors (Lipinski definition) is 1. The molecule has 20 heavy (non-hydrogen) atoms. The normalized spacial score (nSPS) is 10.3. The Morgan fingerprint density at radius 1 is 1.15 bits per heavy atom. The first kappa shape index (κ1) is 14.0. The smallest absolute Gasteiger partial charge is 0.272 e. The number of benzene rings is 2. The molecular formula is C15H15FN2O2. The highest BCUT2D eigenvalue weighted by Crippen LogP contribution is 2.22. The summed E-state index contributed by atoms with van der Waals surface area (Å²) >= 11 is 0. The van der Waals surface area contributed by atoms with E-state index in [1.54, 1.807) is 38.1 Å². The second-order valence-electron chi connectivity index (χ2n) is 4.70. The largest absolute Gasteiger partial charge is 0.381 e. The first-order valence-corrected chi connectivity index (χ1v) is 6.21. The molecule has 0 atom stereocenters. The molecule has 5 heteroatoms. The number of nitro benzene ring substituents is 1. The van der Waals surface area contributed by atoms with E-state index >= 15 is 0 Å². The first-order valence-electron chi connectivity index (χ1n) is 6.21. The maximum absolute atomic E-state index is 13.2. The molecule has 0 spiro atoms. The van der Waals surface area contributed by atoms with E-state index in [4.69, 9.17) is 0 Å². The summed E-state index contributed by atoms with van der Waals surface area (Å²) in [4.78, 5) is 10.3. The molecule has 0 saturated carbocycles. The molecule has 2 aromatic carbocycles. The molecule has 4 nitrogen and oxygen atoms in total. The number of nitro groups is 1. The summed E-state index contributed by atoms with van der Waals surface area (Å²) in [5, 5.41) is 13.9. The monoisotopic (exact) mass is 274 g/mol. The van der Waals surface area contributed by atoms with Crippen LogP contribution in [0.2, 0.25) is 0 Å². The van der Waals surface area contributed by atoms with Crippen LogP contribution >= 0.6 is 0 Å². The van der Waals surface area contributed by atoms with Crippen molar-refractivity contribution in [1.82, 2.24) is 0 Å². The number of anilines is 1. The first-order chi connectivity index (χ1) is 9.47. The summed E-state index contributed by atoms with van der Waals surface area (Å²) in [5.74, 6) is -0.222. The molecule has 2 aromatic rings. The van der Waals surface area contributed by atoms with Gasteiger partial charge in [0.25, 0.3) is 5.69 Å². The molecule has 0 fully saturated rings. The van der Waals surface area contributed by atoms with Gasteiger partial charge in [-0.3, -0.25) is 10.1 Å². The summed E-state index contributed by atoms with van der Waals surface area (Å²) in [6.07, 6.45) is 0. The Bertz CT molecular complexity index is 656. The van der Waals surface area contributed by atoms with Crippen molar-refractivity contribution in [3.63, 3.8) is 0 Å². The number of hydrogen-bond acceptors (Lipinski definition) is 3. The van der Waals surface area contributed by atoms with E-state index in [9.17, 15) is 14.5 Å². The van der Waals surface area contributed by atoms with Crippen molar-refractivity contribution in [2.45, 2.75) is 20.4 Å². The predicted octanol–water partition coefficient (Wildman–Crippen LogP) is 3.96. The Labute approximate surface area is 116 Å². The third-order valence-electron chi connectivity index (χ3n) is 3.11. The second-order valence-corrected chi connectivity index (χ2v) is 4.70. The molecule has 0 heterocycles. The van der Waals surface area contributed by atoms with Gasteiger partial charge in [-0.25, -0.2) is 4.39 Å². The summed E-state index contributed by atoms with van der Waals surface area (Å²) in [6, 6.07) is 9.81. The molecule has 0 bridgehead atoms. The lowest BCUT2D eigenvalue weighted by atomic mass is 10.1. The van der Waals surface area contributed by atoms with Crippen molar-refractivity contribution in [1.29, 1.82) is 0 Å². The topological polar surface area (TPSA) is 55.2 Å². The van der Waals surface area contributed by atoms with Crippen LogP contribution in [0.25, 0.3) is 0 Å². The van der Waals surface area contributed by atoms with Crippen LogP contribution in [0.1, 0.15) is 16.7 Å². The van der Waals surface area contributed by atoms with Gasteiger partial charge in [0.05, 0.1) is 4.92 Å². The zero-order valence-corrected chi connectivity index (χ0v) is 11.3. The fourth-order valence-electron chi connectivity index (χ4n) is 1.99. The zero-order valence-electron chi connectivity index (χ0n) is 11.3. The van der Waals surface area contributed by atoms with E-state index < -0.39 is 4.92 Å². The Balaban J connectivity index is 2.09. The van der Waals surface area contributed by atoms with Gasteiger partial charge in [0.15, 0.2) is 0 Å². The number of nitrogens with one attached hydrogen (secondary N) is 1. The molecule has 0 aliphatic rings. The minimum atomic E-state index is -0.400. The summed E-state index contributed by atoms with van der Waals surface area (Å²) < 4.78 is 13.2. The highest BCUT2D eigenvalue weighted by atomic mass is 19.1. The SMILES string of the molecule is Cc1cc(CNc2ccc([N+](=O)[O-])c(C)c2)ccc1F. The van der Waals surface area contributed by atoms with Crippen LogP contribution < -0.4 is 5.32 Å². The fourth-order valence-corrected chi connectivity index (χ4v) is 1.99. The quantitative estimate of drug-likeness (QED) is 0.678. The lowest BCUT2D eigenvalue weighted by Gasteiger charge is -2.08. The van der Waals surface area contributed by atoms with Crippen molar-refractivity contribution in [2.24, 2.45) is 0 Å². The van der Waals surface area contributed by atoms with Gasteiger partial charge in [0.2, 0.25) is 0 Å². The molecule has 0 aliphatic carbocycles. The average Bonchev–Trinajstić information content (AvgIpc) is 2.40. The van der Waals surface area contributed by atoms with E-state index in [0.717, 1.165) is 11.3 Å². The maximum Gasteiger partial charge on any atom is 0.272 e. The number of aryl methyl sites for hydroxylation is 2. The number of halogens is 1. The predicted molar refractivity (Wildman–Crippen MR) is 76.3 cm³/mol. The highest BCUT2D eigenvalue weighted by Gasteiger charge is 2.09. The lowest BCUT2D eigenvalue weighted by Crippen LogP contribution is -2.01. The van der Waals surface area contributed by atoms with Gasteiger partial charge in [0.1, 0.15) is 5.82 Å². The summed E-state index contributed by atoms with van der Waals surface area (Å²) in [6.45, 7) is 3.96. The van der Waals surface area contributed by atoms with Crippen LogP contribution in [0, 0.1) is 29.8 Å². The molecule has 2 rings (SSSR count). The van der Waals surface area contributed by atoms with E-state index in [-0.39, 0.29) is 11.5 Å². The van der Waals surface area contributed by atoms with E-state index in [2.05, 4.69) is 5.32 Å². The van der Waals surface area contributed by atoms with Crippen LogP contribution in [0.3, 0.4) is 0 Å². The van der Waals surface area contributed by atoms with Gasteiger partial charge in [-0.1, -0.05) is 12.1 Å². The van der Waals surface area contributed by atoms with Crippen molar-refractivity contribution in [3.8, 4) is 0 Å². The van der Waals surface area contributed by atoms with Crippen molar-refractivity contribution < 1.29 is 9.31 Å². The average molecular weight is 274 g/mol. The molecular weight excluding hydrogens is 259 g/mol. The van der Waals surface area contributed by atoms with Gasteiger partial charge in [-0.05, 0) is 43.2 Å². The minimum Gasteiger partial charge on any atom is -0.381 e. The molecule has 104 valence electrons. The molecule has 1 N–H and O–H groups in total. The lowest BCUT2D eigenvalue weighted by molar-refractivity contribution is -0.385. The third kappa shape index (κ3) is 3.12. The van der Waals surface area contributed by atoms with Gasteiger partial charge in [-0.2, -0.15) is 0 Å². The van der Waals surface area contributed by atoms with E-state index in [1.165, 1.54) is 12.1 Å². The Morgan fingerprint density at radius 2 is 1.90 bits per heavy atom. The van der Waals surface area contributed by atoms with Crippen molar-refractivity contribution in [2.75, 3.05) is 5.32 Å². The summed E-state index contributed by atoms with van der Waals surface area (Å²) in [7, 11) is 0. The second kappa shape index (κ2) is 5.69. The van der Waals surface area contributed by atoms with E-state index in [0.29, 0.717) is 17.7 Å². The molecule has 0 saturated heterocycles. The summed E-state index contributed by atoms with van der Waals surface area (Å²) in [5.41, 5.74) is 3.07. The Morgan fingerprint density at radius 3 is 2.50 bits per heavy atom. The van der Waals surface area contributed by atoms with Crippen LogP contribution in [0.5, 0.6) is 0 Å². The van der Waals surface area contributed by atoms with Gasteiger partial charge >= 0.3 is 0 Å². The minimum absolute atomic E-state index is 0.105.